The van der Waals surface area contributed by atoms with Gasteiger partial charge < -0.3 is 19.3 Å². The van der Waals surface area contributed by atoms with Crippen LogP contribution in [0.25, 0.3) is 0 Å². The molecule has 128 valence electrons. The summed E-state index contributed by atoms with van der Waals surface area (Å²) in [5.74, 6) is 1.93. The Labute approximate surface area is 143 Å². The third-order valence-corrected chi connectivity index (χ3v) is 4.02. The third-order valence-electron chi connectivity index (χ3n) is 4.02. The zero-order valence-corrected chi connectivity index (χ0v) is 13.8. The average Bonchev–Trinajstić information content (AvgIpc) is 3.31. The Bertz CT molecular complexity index is 925. The zero-order chi connectivity index (χ0) is 17.4. The lowest BCUT2D eigenvalue weighted by atomic mass is 10.1. The van der Waals surface area contributed by atoms with E-state index in [-0.39, 0.29) is 12.7 Å². The summed E-state index contributed by atoms with van der Waals surface area (Å²) in [5, 5.41) is 11.1. The number of para-hydroxylation sites is 1. The fourth-order valence-corrected chi connectivity index (χ4v) is 2.70. The lowest BCUT2D eigenvalue weighted by molar-refractivity contribution is 0.102. The molecule has 8 nitrogen and oxygen atoms in total. The van der Waals surface area contributed by atoms with E-state index >= 15 is 0 Å². The van der Waals surface area contributed by atoms with Crippen molar-refractivity contribution in [1.82, 2.24) is 14.9 Å². The van der Waals surface area contributed by atoms with Crippen LogP contribution in [0.4, 0.5) is 5.82 Å². The van der Waals surface area contributed by atoms with Crippen LogP contribution in [-0.2, 0) is 6.54 Å². The minimum absolute atomic E-state index is 0.117. The van der Waals surface area contributed by atoms with Crippen LogP contribution >= 0.6 is 0 Å². The Morgan fingerprint density at radius 3 is 2.96 bits per heavy atom. The molecule has 25 heavy (non-hydrogen) atoms. The summed E-state index contributed by atoms with van der Waals surface area (Å²) >= 11 is 0. The first-order valence-corrected chi connectivity index (χ1v) is 7.77. The number of benzene rings is 1. The monoisotopic (exact) mass is 340 g/mol. The SMILES string of the molecule is Cc1noc(C)c1Cn1ccc(NC(=O)c2cccc3c2OCO3)n1. The molecular formula is C17H16N4O4. The Kier molecular flexibility index (Phi) is 3.64. The van der Waals surface area contributed by atoms with Crippen molar-refractivity contribution in [3.63, 3.8) is 0 Å². The number of aromatic nitrogens is 3. The highest BCUT2D eigenvalue weighted by Gasteiger charge is 2.22. The summed E-state index contributed by atoms with van der Waals surface area (Å²) in [6.07, 6.45) is 1.79. The molecule has 8 heteroatoms. The molecule has 3 heterocycles. The van der Waals surface area contributed by atoms with Crippen LogP contribution in [0.3, 0.4) is 0 Å². The Balaban J connectivity index is 1.50. The van der Waals surface area contributed by atoms with Gasteiger partial charge in [-0.25, -0.2) is 0 Å². The van der Waals surface area contributed by atoms with Crippen LogP contribution in [0.2, 0.25) is 0 Å². The smallest absolute Gasteiger partial charge is 0.260 e. The highest BCUT2D eigenvalue weighted by Crippen LogP contribution is 2.35. The molecule has 1 aliphatic heterocycles. The van der Waals surface area contributed by atoms with Gasteiger partial charge in [-0.05, 0) is 26.0 Å². The van der Waals surface area contributed by atoms with Gasteiger partial charge in [-0.1, -0.05) is 11.2 Å². The molecule has 0 unspecified atom stereocenters. The molecule has 2 aromatic heterocycles. The fourth-order valence-electron chi connectivity index (χ4n) is 2.70. The zero-order valence-electron chi connectivity index (χ0n) is 13.8. The molecule has 0 fully saturated rings. The van der Waals surface area contributed by atoms with E-state index < -0.39 is 0 Å². The van der Waals surface area contributed by atoms with E-state index in [1.54, 1.807) is 35.1 Å². The van der Waals surface area contributed by atoms with E-state index in [2.05, 4.69) is 15.6 Å². The Morgan fingerprint density at radius 2 is 2.16 bits per heavy atom. The number of ether oxygens (including phenoxy) is 2. The number of nitrogens with zero attached hydrogens (tertiary/aromatic N) is 3. The minimum Gasteiger partial charge on any atom is -0.454 e. The van der Waals surface area contributed by atoms with E-state index in [0.29, 0.717) is 29.4 Å². The number of nitrogens with one attached hydrogen (secondary N) is 1. The van der Waals surface area contributed by atoms with Gasteiger partial charge in [0.1, 0.15) is 5.76 Å². The predicted molar refractivity (Wildman–Crippen MR) is 87.8 cm³/mol. The van der Waals surface area contributed by atoms with Crippen LogP contribution in [0.1, 0.15) is 27.4 Å². The second-order valence-corrected chi connectivity index (χ2v) is 5.69. The Morgan fingerprint density at radius 1 is 1.28 bits per heavy atom. The van der Waals surface area contributed by atoms with Gasteiger partial charge in [-0.3, -0.25) is 9.48 Å². The highest BCUT2D eigenvalue weighted by molar-refractivity contribution is 6.06. The van der Waals surface area contributed by atoms with Gasteiger partial charge in [-0.15, -0.1) is 0 Å². The number of anilines is 1. The van der Waals surface area contributed by atoms with Crippen molar-refractivity contribution in [3.8, 4) is 11.5 Å². The fraction of sp³-hybridized carbons (Fsp3) is 0.235. The van der Waals surface area contributed by atoms with Gasteiger partial charge in [0.15, 0.2) is 17.3 Å². The van der Waals surface area contributed by atoms with Crippen molar-refractivity contribution in [2.45, 2.75) is 20.4 Å². The molecule has 3 aromatic rings. The van der Waals surface area contributed by atoms with E-state index in [4.69, 9.17) is 14.0 Å². The predicted octanol–water partition coefficient (Wildman–Crippen LogP) is 2.52. The molecule has 1 aromatic carbocycles. The number of rotatable bonds is 4. The second-order valence-electron chi connectivity index (χ2n) is 5.69. The van der Waals surface area contributed by atoms with Crippen LogP contribution in [0.5, 0.6) is 11.5 Å². The summed E-state index contributed by atoms with van der Waals surface area (Å²) in [7, 11) is 0. The van der Waals surface area contributed by atoms with E-state index in [1.807, 2.05) is 13.8 Å². The molecular weight excluding hydrogens is 324 g/mol. The van der Waals surface area contributed by atoms with E-state index in [1.165, 1.54) is 0 Å². The molecule has 0 bridgehead atoms. The third kappa shape index (κ3) is 2.82. The van der Waals surface area contributed by atoms with E-state index in [0.717, 1.165) is 17.0 Å². The molecule has 1 amide bonds. The minimum atomic E-state index is -0.301. The summed E-state index contributed by atoms with van der Waals surface area (Å²) in [6.45, 7) is 4.38. The van der Waals surface area contributed by atoms with Crippen molar-refractivity contribution in [2.24, 2.45) is 0 Å². The van der Waals surface area contributed by atoms with Crippen molar-refractivity contribution >= 4 is 11.7 Å². The Hall–Kier alpha value is -3.29. The summed E-state index contributed by atoms with van der Waals surface area (Å²) in [4.78, 5) is 12.5. The van der Waals surface area contributed by atoms with Crippen LogP contribution in [-0.4, -0.2) is 27.6 Å². The molecule has 0 saturated carbocycles. The maximum absolute atomic E-state index is 12.5. The quantitative estimate of drug-likeness (QED) is 0.785. The van der Waals surface area contributed by atoms with Gasteiger partial charge in [0.2, 0.25) is 6.79 Å². The normalized spacial score (nSPS) is 12.4. The first-order valence-electron chi connectivity index (χ1n) is 7.77. The summed E-state index contributed by atoms with van der Waals surface area (Å²) in [6, 6.07) is 6.93. The molecule has 1 aliphatic rings. The van der Waals surface area contributed by atoms with Gasteiger partial charge in [0.25, 0.3) is 5.91 Å². The molecule has 0 spiro atoms. The first kappa shape index (κ1) is 15.3. The van der Waals surface area contributed by atoms with Gasteiger partial charge in [0.05, 0.1) is 17.8 Å². The topological polar surface area (TPSA) is 91.4 Å². The number of aryl methyl sites for hydroxylation is 2. The molecule has 0 saturated heterocycles. The van der Waals surface area contributed by atoms with Crippen LogP contribution in [0.15, 0.2) is 35.0 Å². The molecule has 0 radical (unpaired) electrons. The standard InChI is InChI=1S/C17H16N4O4/c1-10-13(11(2)25-20-10)8-21-7-6-15(19-21)18-17(22)12-4-3-5-14-16(12)24-9-23-14/h3-7H,8-9H2,1-2H3,(H,18,19,22). The number of hydrogen-bond donors (Lipinski definition) is 1. The molecule has 0 atom stereocenters. The number of hydrogen-bond acceptors (Lipinski definition) is 6. The van der Waals surface area contributed by atoms with Crippen molar-refractivity contribution in [3.05, 3.63) is 53.0 Å². The lowest BCUT2D eigenvalue weighted by Gasteiger charge is -2.05. The van der Waals surface area contributed by atoms with Crippen molar-refractivity contribution in [1.29, 1.82) is 0 Å². The number of carbonyl (C=O) groups is 1. The van der Waals surface area contributed by atoms with E-state index in [9.17, 15) is 4.79 Å². The lowest BCUT2D eigenvalue weighted by Crippen LogP contribution is -2.13. The van der Waals surface area contributed by atoms with Gasteiger partial charge in [0, 0.05) is 17.8 Å². The number of fused-ring (bicyclic) bond motifs is 1. The molecule has 1 N–H and O–H groups in total. The van der Waals surface area contributed by atoms with Crippen LogP contribution in [0, 0.1) is 13.8 Å². The maximum Gasteiger partial charge on any atom is 0.260 e. The maximum atomic E-state index is 12.5. The number of carbonyl (C=O) groups excluding carboxylic acids is 1. The molecule has 0 aliphatic carbocycles. The van der Waals surface area contributed by atoms with Gasteiger partial charge >= 0.3 is 0 Å². The van der Waals surface area contributed by atoms with Crippen molar-refractivity contribution < 1.29 is 18.8 Å². The first-order chi connectivity index (χ1) is 12.1. The highest BCUT2D eigenvalue weighted by atomic mass is 16.7. The van der Waals surface area contributed by atoms with Crippen molar-refractivity contribution in [2.75, 3.05) is 12.1 Å². The average molecular weight is 340 g/mol. The summed E-state index contributed by atoms with van der Waals surface area (Å²) in [5.41, 5.74) is 2.22. The summed E-state index contributed by atoms with van der Waals surface area (Å²) < 4.78 is 17.5. The second kappa shape index (κ2) is 5.97. The molecule has 4 rings (SSSR count). The van der Waals surface area contributed by atoms with Crippen LogP contribution < -0.4 is 14.8 Å². The largest absolute Gasteiger partial charge is 0.454 e. The van der Waals surface area contributed by atoms with Gasteiger partial charge in [-0.2, -0.15) is 5.10 Å². The number of amides is 1.